The molecule has 0 aliphatic heterocycles. The lowest BCUT2D eigenvalue weighted by Gasteiger charge is -2.20. The smallest absolute Gasteiger partial charge is 0.0522 e. The largest absolute Gasteiger partial charge is 0.306 e. The SMILES string of the molecule is CCCn1nccc1CNC(C)(C)C. The third kappa shape index (κ3) is 3.50. The lowest BCUT2D eigenvalue weighted by Crippen LogP contribution is -2.35. The molecule has 0 radical (unpaired) electrons. The third-order valence-corrected chi connectivity index (χ3v) is 2.04. The van der Waals surface area contributed by atoms with Crippen molar-refractivity contribution in [3.63, 3.8) is 0 Å². The van der Waals surface area contributed by atoms with Crippen LogP contribution in [0.4, 0.5) is 0 Å². The van der Waals surface area contributed by atoms with Crippen LogP contribution in [0.25, 0.3) is 0 Å². The van der Waals surface area contributed by atoms with E-state index < -0.39 is 0 Å². The second kappa shape index (κ2) is 4.60. The maximum absolute atomic E-state index is 4.28. The summed E-state index contributed by atoms with van der Waals surface area (Å²) < 4.78 is 2.07. The minimum atomic E-state index is 0.168. The lowest BCUT2D eigenvalue weighted by molar-refractivity contribution is 0.411. The van der Waals surface area contributed by atoms with Gasteiger partial charge in [-0.1, -0.05) is 6.92 Å². The van der Waals surface area contributed by atoms with Crippen molar-refractivity contribution in [1.29, 1.82) is 0 Å². The van der Waals surface area contributed by atoms with E-state index in [0.29, 0.717) is 0 Å². The summed E-state index contributed by atoms with van der Waals surface area (Å²) in [6.07, 6.45) is 3.00. The van der Waals surface area contributed by atoms with Gasteiger partial charge in [0.2, 0.25) is 0 Å². The van der Waals surface area contributed by atoms with Crippen LogP contribution in [0.5, 0.6) is 0 Å². The van der Waals surface area contributed by atoms with E-state index in [1.807, 2.05) is 6.20 Å². The first-order valence-corrected chi connectivity index (χ1v) is 5.28. The second-order valence-electron chi connectivity index (χ2n) is 4.65. The highest BCUT2D eigenvalue weighted by Crippen LogP contribution is 2.04. The number of rotatable bonds is 4. The first-order chi connectivity index (χ1) is 6.53. The van der Waals surface area contributed by atoms with Crippen molar-refractivity contribution < 1.29 is 0 Å². The van der Waals surface area contributed by atoms with Crippen LogP contribution in [0.1, 0.15) is 39.8 Å². The number of hydrogen-bond acceptors (Lipinski definition) is 2. The molecule has 1 rings (SSSR count). The average molecular weight is 195 g/mol. The van der Waals surface area contributed by atoms with Crippen LogP contribution in [0.15, 0.2) is 12.3 Å². The Balaban J connectivity index is 2.53. The van der Waals surface area contributed by atoms with Gasteiger partial charge >= 0.3 is 0 Å². The van der Waals surface area contributed by atoms with E-state index in [9.17, 15) is 0 Å². The van der Waals surface area contributed by atoms with Crippen molar-refractivity contribution in [2.45, 2.75) is 52.7 Å². The predicted octanol–water partition coefficient (Wildman–Crippen LogP) is 2.18. The third-order valence-electron chi connectivity index (χ3n) is 2.04. The van der Waals surface area contributed by atoms with Gasteiger partial charge in [-0.05, 0) is 33.3 Å². The number of aromatic nitrogens is 2. The Bertz CT molecular complexity index is 270. The van der Waals surface area contributed by atoms with E-state index in [4.69, 9.17) is 0 Å². The highest BCUT2D eigenvalue weighted by atomic mass is 15.3. The average Bonchev–Trinajstić information content (AvgIpc) is 2.48. The van der Waals surface area contributed by atoms with Crippen LogP contribution in [-0.2, 0) is 13.1 Å². The molecular formula is C11H21N3. The zero-order chi connectivity index (χ0) is 10.6. The van der Waals surface area contributed by atoms with E-state index in [2.05, 4.69) is 48.9 Å². The van der Waals surface area contributed by atoms with Gasteiger partial charge in [0.15, 0.2) is 0 Å². The summed E-state index contributed by atoms with van der Waals surface area (Å²) in [5.74, 6) is 0. The molecule has 0 unspecified atom stereocenters. The standard InChI is InChI=1S/C11H21N3/c1-5-8-14-10(6-7-13-14)9-12-11(2,3)4/h6-7,12H,5,8-9H2,1-4H3. The van der Waals surface area contributed by atoms with Gasteiger partial charge < -0.3 is 5.32 Å². The normalized spacial score (nSPS) is 12.0. The molecule has 1 N–H and O–H groups in total. The summed E-state index contributed by atoms with van der Waals surface area (Å²) in [5, 5.41) is 7.75. The molecular weight excluding hydrogens is 174 g/mol. The van der Waals surface area contributed by atoms with E-state index in [1.54, 1.807) is 0 Å². The summed E-state index contributed by atoms with van der Waals surface area (Å²) in [7, 11) is 0. The Morgan fingerprint density at radius 3 is 2.71 bits per heavy atom. The fourth-order valence-electron chi connectivity index (χ4n) is 1.28. The van der Waals surface area contributed by atoms with Crippen molar-refractivity contribution in [2.75, 3.05) is 0 Å². The Morgan fingerprint density at radius 2 is 2.14 bits per heavy atom. The number of aryl methyl sites for hydroxylation is 1. The molecule has 0 saturated carbocycles. The molecule has 0 aliphatic carbocycles. The van der Waals surface area contributed by atoms with Crippen molar-refractivity contribution in [3.05, 3.63) is 18.0 Å². The van der Waals surface area contributed by atoms with E-state index in [0.717, 1.165) is 19.5 Å². The van der Waals surface area contributed by atoms with Gasteiger partial charge in [-0.3, -0.25) is 4.68 Å². The summed E-state index contributed by atoms with van der Waals surface area (Å²) in [5.41, 5.74) is 1.43. The monoisotopic (exact) mass is 195 g/mol. The zero-order valence-corrected chi connectivity index (χ0v) is 9.67. The number of nitrogens with zero attached hydrogens (tertiary/aromatic N) is 2. The van der Waals surface area contributed by atoms with Gasteiger partial charge in [-0.25, -0.2) is 0 Å². The molecule has 1 heterocycles. The summed E-state index contributed by atoms with van der Waals surface area (Å²) in [6, 6.07) is 2.08. The maximum Gasteiger partial charge on any atom is 0.0522 e. The van der Waals surface area contributed by atoms with Crippen LogP contribution in [-0.4, -0.2) is 15.3 Å². The molecule has 1 aromatic heterocycles. The van der Waals surface area contributed by atoms with Crippen LogP contribution in [0.3, 0.4) is 0 Å². The Labute approximate surface area is 86.5 Å². The highest BCUT2D eigenvalue weighted by molar-refractivity contribution is 5.00. The molecule has 0 amide bonds. The molecule has 3 nitrogen and oxygen atoms in total. The van der Waals surface area contributed by atoms with Gasteiger partial charge in [0.1, 0.15) is 0 Å². The first-order valence-electron chi connectivity index (χ1n) is 5.28. The summed E-state index contributed by atoms with van der Waals surface area (Å²) in [6.45, 7) is 10.6. The predicted molar refractivity (Wildman–Crippen MR) is 59.1 cm³/mol. The molecule has 80 valence electrons. The second-order valence-corrected chi connectivity index (χ2v) is 4.65. The van der Waals surface area contributed by atoms with Crippen LogP contribution >= 0.6 is 0 Å². The molecule has 0 aromatic carbocycles. The van der Waals surface area contributed by atoms with Gasteiger partial charge in [0.05, 0.1) is 5.69 Å². The van der Waals surface area contributed by atoms with Crippen LogP contribution in [0.2, 0.25) is 0 Å². The maximum atomic E-state index is 4.28. The Kier molecular flexibility index (Phi) is 3.69. The van der Waals surface area contributed by atoms with E-state index in [-0.39, 0.29) is 5.54 Å². The van der Waals surface area contributed by atoms with Crippen LogP contribution < -0.4 is 5.32 Å². The minimum Gasteiger partial charge on any atom is -0.306 e. The fourth-order valence-corrected chi connectivity index (χ4v) is 1.28. The topological polar surface area (TPSA) is 29.9 Å². The van der Waals surface area contributed by atoms with Crippen LogP contribution in [0, 0.1) is 0 Å². The van der Waals surface area contributed by atoms with E-state index >= 15 is 0 Å². The zero-order valence-electron chi connectivity index (χ0n) is 9.67. The van der Waals surface area contributed by atoms with Gasteiger partial charge in [-0.2, -0.15) is 5.10 Å². The quantitative estimate of drug-likeness (QED) is 0.798. The van der Waals surface area contributed by atoms with Crippen molar-refractivity contribution >= 4 is 0 Å². The molecule has 0 bridgehead atoms. The van der Waals surface area contributed by atoms with Gasteiger partial charge in [0.25, 0.3) is 0 Å². The van der Waals surface area contributed by atoms with Crippen molar-refractivity contribution in [1.82, 2.24) is 15.1 Å². The molecule has 1 aromatic rings. The Morgan fingerprint density at radius 1 is 1.43 bits per heavy atom. The molecule has 0 aliphatic rings. The molecule has 0 fully saturated rings. The molecule has 3 heteroatoms. The number of hydrogen-bond donors (Lipinski definition) is 1. The van der Waals surface area contributed by atoms with Gasteiger partial charge in [-0.15, -0.1) is 0 Å². The Hall–Kier alpha value is -0.830. The van der Waals surface area contributed by atoms with Crippen molar-refractivity contribution in [2.24, 2.45) is 0 Å². The fraction of sp³-hybridized carbons (Fsp3) is 0.727. The number of nitrogens with one attached hydrogen (secondary N) is 1. The lowest BCUT2D eigenvalue weighted by atomic mass is 10.1. The van der Waals surface area contributed by atoms with E-state index in [1.165, 1.54) is 5.69 Å². The van der Waals surface area contributed by atoms with Gasteiger partial charge in [0, 0.05) is 24.8 Å². The first kappa shape index (κ1) is 11.2. The highest BCUT2D eigenvalue weighted by Gasteiger charge is 2.10. The molecule has 0 atom stereocenters. The summed E-state index contributed by atoms with van der Waals surface area (Å²) in [4.78, 5) is 0. The molecule has 14 heavy (non-hydrogen) atoms. The molecule has 0 saturated heterocycles. The molecule has 0 spiro atoms. The van der Waals surface area contributed by atoms with Crippen molar-refractivity contribution in [3.8, 4) is 0 Å². The minimum absolute atomic E-state index is 0.168. The summed E-state index contributed by atoms with van der Waals surface area (Å²) >= 11 is 0.